The Labute approximate surface area is 127 Å². The number of anilines is 2. The lowest BCUT2D eigenvalue weighted by atomic mass is 10.2. The van der Waals surface area contributed by atoms with Crippen molar-refractivity contribution in [1.82, 2.24) is 9.97 Å². The van der Waals surface area contributed by atoms with Crippen molar-refractivity contribution in [2.24, 2.45) is 0 Å². The van der Waals surface area contributed by atoms with Crippen molar-refractivity contribution >= 4 is 11.6 Å². The van der Waals surface area contributed by atoms with Crippen LogP contribution in [0.5, 0.6) is 0 Å². The molecule has 0 atom stereocenters. The van der Waals surface area contributed by atoms with Crippen molar-refractivity contribution in [3.8, 4) is 6.07 Å². The SMILES string of the molecule is CCCNc1nc(C)nc(N(CCC#N)CCOC)c1C. The quantitative estimate of drug-likeness (QED) is 0.752. The molecule has 6 nitrogen and oxygen atoms in total. The minimum atomic E-state index is 0.462. The average molecular weight is 291 g/mol. The Hall–Kier alpha value is -1.87. The number of hydrogen-bond acceptors (Lipinski definition) is 6. The van der Waals surface area contributed by atoms with E-state index in [0.717, 1.165) is 36.0 Å². The van der Waals surface area contributed by atoms with Crippen molar-refractivity contribution in [2.45, 2.75) is 33.6 Å². The van der Waals surface area contributed by atoms with Crippen LogP contribution < -0.4 is 10.2 Å². The third-order valence-electron chi connectivity index (χ3n) is 3.13. The van der Waals surface area contributed by atoms with E-state index in [2.05, 4.69) is 33.2 Å². The van der Waals surface area contributed by atoms with Gasteiger partial charge < -0.3 is 15.0 Å². The van der Waals surface area contributed by atoms with Gasteiger partial charge in [0.15, 0.2) is 0 Å². The molecule has 1 N–H and O–H groups in total. The van der Waals surface area contributed by atoms with Gasteiger partial charge in [-0.1, -0.05) is 6.92 Å². The number of ether oxygens (including phenoxy) is 1. The lowest BCUT2D eigenvalue weighted by molar-refractivity contribution is 0.205. The van der Waals surface area contributed by atoms with Gasteiger partial charge >= 0.3 is 0 Å². The molecule has 116 valence electrons. The highest BCUT2D eigenvalue weighted by Gasteiger charge is 2.15. The maximum Gasteiger partial charge on any atom is 0.137 e. The number of aryl methyl sites for hydroxylation is 1. The maximum absolute atomic E-state index is 8.83. The molecule has 0 fully saturated rings. The molecule has 0 aliphatic carbocycles. The zero-order chi connectivity index (χ0) is 15.7. The summed E-state index contributed by atoms with van der Waals surface area (Å²) in [6.45, 7) is 8.86. The molecule has 1 aromatic rings. The Morgan fingerprint density at radius 1 is 1.29 bits per heavy atom. The summed E-state index contributed by atoms with van der Waals surface area (Å²) in [7, 11) is 1.68. The molecule has 0 aliphatic rings. The summed E-state index contributed by atoms with van der Waals surface area (Å²) in [4.78, 5) is 11.1. The van der Waals surface area contributed by atoms with Gasteiger partial charge in [-0.25, -0.2) is 9.97 Å². The summed E-state index contributed by atoms with van der Waals surface area (Å²) in [5, 5.41) is 12.2. The van der Waals surface area contributed by atoms with Crippen LogP contribution in [-0.4, -0.2) is 43.3 Å². The Morgan fingerprint density at radius 2 is 2.05 bits per heavy atom. The zero-order valence-corrected chi connectivity index (χ0v) is 13.4. The van der Waals surface area contributed by atoms with E-state index >= 15 is 0 Å². The highest BCUT2D eigenvalue weighted by atomic mass is 16.5. The predicted molar refractivity (Wildman–Crippen MR) is 84.6 cm³/mol. The number of nitriles is 1. The number of hydrogen-bond donors (Lipinski definition) is 1. The molecule has 0 aromatic carbocycles. The molecule has 0 amide bonds. The monoisotopic (exact) mass is 291 g/mol. The van der Waals surface area contributed by atoms with Gasteiger partial charge in [-0.3, -0.25) is 0 Å². The van der Waals surface area contributed by atoms with E-state index in [1.165, 1.54) is 0 Å². The summed E-state index contributed by atoms with van der Waals surface area (Å²) < 4.78 is 5.16. The van der Waals surface area contributed by atoms with Gasteiger partial charge in [0.2, 0.25) is 0 Å². The topological polar surface area (TPSA) is 74.1 Å². The molecular formula is C15H25N5O. The van der Waals surface area contributed by atoms with Crippen molar-refractivity contribution < 1.29 is 4.74 Å². The summed E-state index contributed by atoms with van der Waals surface area (Å²) in [5.74, 6) is 2.49. The van der Waals surface area contributed by atoms with Crippen molar-refractivity contribution in [3.63, 3.8) is 0 Å². The van der Waals surface area contributed by atoms with E-state index in [1.54, 1.807) is 7.11 Å². The second kappa shape index (κ2) is 9.14. The molecule has 1 heterocycles. The van der Waals surface area contributed by atoms with Crippen LogP contribution in [0.1, 0.15) is 31.2 Å². The van der Waals surface area contributed by atoms with Crippen LogP contribution in [0.3, 0.4) is 0 Å². The van der Waals surface area contributed by atoms with Crippen LogP contribution >= 0.6 is 0 Å². The third kappa shape index (κ3) is 5.20. The Balaban J connectivity index is 3.04. The first-order valence-corrected chi connectivity index (χ1v) is 7.34. The molecule has 0 bridgehead atoms. The molecular weight excluding hydrogens is 266 g/mol. The van der Waals surface area contributed by atoms with Crippen LogP contribution in [0.2, 0.25) is 0 Å². The predicted octanol–water partition coefficient (Wildman–Crippen LogP) is 2.28. The fourth-order valence-electron chi connectivity index (χ4n) is 2.05. The van der Waals surface area contributed by atoms with Crippen LogP contribution in [0.15, 0.2) is 0 Å². The first-order chi connectivity index (χ1) is 10.1. The van der Waals surface area contributed by atoms with Crippen molar-refractivity contribution in [1.29, 1.82) is 5.26 Å². The van der Waals surface area contributed by atoms with Crippen LogP contribution in [0, 0.1) is 25.2 Å². The van der Waals surface area contributed by atoms with E-state index in [0.29, 0.717) is 26.1 Å². The summed E-state index contributed by atoms with van der Waals surface area (Å²) in [5.41, 5.74) is 1.02. The number of nitrogens with zero attached hydrogens (tertiary/aromatic N) is 4. The summed E-state index contributed by atoms with van der Waals surface area (Å²) in [6.07, 6.45) is 1.50. The van der Waals surface area contributed by atoms with E-state index in [1.807, 2.05) is 13.8 Å². The molecule has 0 unspecified atom stereocenters. The molecule has 0 saturated heterocycles. The smallest absolute Gasteiger partial charge is 0.137 e. The van der Waals surface area contributed by atoms with E-state index in [4.69, 9.17) is 10.00 Å². The minimum Gasteiger partial charge on any atom is -0.383 e. The highest BCUT2D eigenvalue weighted by molar-refractivity contribution is 5.58. The highest BCUT2D eigenvalue weighted by Crippen LogP contribution is 2.23. The summed E-state index contributed by atoms with van der Waals surface area (Å²) >= 11 is 0. The molecule has 6 heteroatoms. The number of aromatic nitrogens is 2. The fourth-order valence-corrected chi connectivity index (χ4v) is 2.05. The van der Waals surface area contributed by atoms with Gasteiger partial charge in [0, 0.05) is 32.3 Å². The van der Waals surface area contributed by atoms with Crippen molar-refractivity contribution in [2.75, 3.05) is 43.6 Å². The van der Waals surface area contributed by atoms with Gasteiger partial charge in [-0.2, -0.15) is 5.26 Å². The van der Waals surface area contributed by atoms with Gasteiger partial charge in [-0.15, -0.1) is 0 Å². The first kappa shape index (κ1) is 17.2. The molecule has 0 spiro atoms. The number of rotatable bonds is 9. The zero-order valence-electron chi connectivity index (χ0n) is 13.4. The van der Waals surface area contributed by atoms with E-state index in [-0.39, 0.29) is 0 Å². The van der Waals surface area contributed by atoms with Crippen LogP contribution in [-0.2, 0) is 4.74 Å². The molecule has 21 heavy (non-hydrogen) atoms. The molecule has 1 rings (SSSR count). The van der Waals surface area contributed by atoms with Gasteiger partial charge in [0.1, 0.15) is 17.5 Å². The number of nitrogens with one attached hydrogen (secondary N) is 1. The van der Waals surface area contributed by atoms with Gasteiger partial charge in [0.05, 0.1) is 19.1 Å². The van der Waals surface area contributed by atoms with Crippen LogP contribution in [0.25, 0.3) is 0 Å². The molecule has 0 saturated carbocycles. The Morgan fingerprint density at radius 3 is 2.67 bits per heavy atom. The summed E-state index contributed by atoms with van der Waals surface area (Å²) in [6, 6.07) is 2.19. The van der Waals surface area contributed by atoms with E-state index in [9.17, 15) is 0 Å². The largest absolute Gasteiger partial charge is 0.383 e. The molecule has 0 radical (unpaired) electrons. The first-order valence-electron chi connectivity index (χ1n) is 7.34. The van der Waals surface area contributed by atoms with E-state index < -0.39 is 0 Å². The van der Waals surface area contributed by atoms with Gasteiger partial charge in [-0.05, 0) is 20.3 Å². The lowest BCUT2D eigenvalue weighted by Crippen LogP contribution is -2.30. The maximum atomic E-state index is 8.83. The Kier molecular flexibility index (Phi) is 7.48. The second-order valence-corrected chi connectivity index (χ2v) is 4.88. The van der Waals surface area contributed by atoms with Gasteiger partial charge in [0.25, 0.3) is 0 Å². The average Bonchev–Trinajstić information content (AvgIpc) is 2.48. The lowest BCUT2D eigenvalue weighted by Gasteiger charge is -2.25. The number of methoxy groups -OCH3 is 1. The normalized spacial score (nSPS) is 10.2. The standard InChI is InChI=1S/C15H25N5O/c1-5-8-17-14-12(2)15(19-13(3)18-14)20(9-6-7-16)10-11-21-4/h5-6,8-11H2,1-4H3,(H,17,18,19). The minimum absolute atomic E-state index is 0.462. The van der Waals surface area contributed by atoms with Crippen LogP contribution in [0.4, 0.5) is 11.6 Å². The molecule has 1 aromatic heterocycles. The second-order valence-electron chi connectivity index (χ2n) is 4.88. The fraction of sp³-hybridized carbons (Fsp3) is 0.667. The molecule has 0 aliphatic heterocycles. The van der Waals surface area contributed by atoms with Crippen molar-refractivity contribution in [3.05, 3.63) is 11.4 Å². The Bertz CT molecular complexity index is 484. The third-order valence-corrected chi connectivity index (χ3v) is 3.13.